The summed E-state index contributed by atoms with van der Waals surface area (Å²) in [6.45, 7) is -0.772. The highest BCUT2D eigenvalue weighted by molar-refractivity contribution is 6.32. The van der Waals surface area contributed by atoms with Gasteiger partial charge in [0.05, 0.1) is 30.4 Å². The number of carbonyl (C=O) groups excluding carboxylic acids is 1. The SMILES string of the molecule is COc1ncc(-c2ccc(N(C(=O)NCC(F)F)C3CCC(Nc4ncc(C#N)c(-c5n[nH]cc5Cl)n4)CC3)nc2)cn1. The standard InChI is InChI=1S/C27H26ClF2N11O2/c1-43-26-34-11-17(12-35-26)15-2-7-22(32-9-15)41(27(42)36-14-21(29)30)19-5-3-18(4-6-19)38-25-33-10-16(8-31)23(39-25)24-20(28)13-37-40-24/h2,7,9-13,18-19,21H,3-6,14H2,1H3,(H,36,42)(H,37,40)(H,33,38,39). The fourth-order valence-electron chi connectivity index (χ4n) is 4.79. The highest BCUT2D eigenvalue weighted by Gasteiger charge is 2.31. The number of alkyl halides is 2. The first-order valence-corrected chi connectivity index (χ1v) is 13.6. The molecule has 1 fully saturated rings. The summed E-state index contributed by atoms with van der Waals surface area (Å²) in [7, 11) is 1.47. The van der Waals surface area contributed by atoms with E-state index in [0.29, 0.717) is 65.0 Å². The van der Waals surface area contributed by atoms with Crippen LogP contribution in [0.15, 0.2) is 43.1 Å². The lowest BCUT2D eigenvalue weighted by molar-refractivity contribution is 0.146. The van der Waals surface area contributed by atoms with Crippen molar-refractivity contribution in [1.82, 2.24) is 40.4 Å². The molecule has 222 valence electrons. The maximum Gasteiger partial charge on any atom is 0.323 e. The van der Waals surface area contributed by atoms with Crippen molar-refractivity contribution >= 4 is 29.4 Å². The van der Waals surface area contributed by atoms with Gasteiger partial charge in [-0.15, -0.1) is 0 Å². The number of aromatic amines is 1. The van der Waals surface area contributed by atoms with E-state index in [9.17, 15) is 18.8 Å². The minimum atomic E-state index is -2.69. The summed E-state index contributed by atoms with van der Waals surface area (Å²) >= 11 is 6.18. The number of amides is 2. The highest BCUT2D eigenvalue weighted by Crippen LogP contribution is 2.31. The summed E-state index contributed by atoms with van der Waals surface area (Å²) in [6.07, 6.45) is 7.35. The van der Waals surface area contributed by atoms with Gasteiger partial charge in [0, 0.05) is 48.0 Å². The van der Waals surface area contributed by atoms with Crippen LogP contribution < -0.4 is 20.3 Å². The maximum atomic E-state index is 13.1. The van der Waals surface area contributed by atoms with Gasteiger partial charge in [0.25, 0.3) is 6.43 Å². The summed E-state index contributed by atoms with van der Waals surface area (Å²) in [5.41, 5.74) is 2.29. The number of rotatable bonds is 9. The highest BCUT2D eigenvalue weighted by atomic mass is 35.5. The first kappa shape index (κ1) is 29.5. The van der Waals surface area contributed by atoms with E-state index < -0.39 is 19.0 Å². The lowest BCUT2D eigenvalue weighted by Crippen LogP contribution is -2.50. The molecule has 4 aromatic rings. The van der Waals surface area contributed by atoms with Crippen LogP contribution in [0.2, 0.25) is 5.02 Å². The van der Waals surface area contributed by atoms with E-state index >= 15 is 0 Å². The maximum absolute atomic E-state index is 13.1. The number of urea groups is 1. The van der Waals surface area contributed by atoms with E-state index in [0.717, 1.165) is 0 Å². The van der Waals surface area contributed by atoms with E-state index in [1.165, 1.54) is 24.4 Å². The number of hydrogen-bond donors (Lipinski definition) is 3. The van der Waals surface area contributed by atoms with Crippen molar-refractivity contribution in [3.8, 4) is 34.6 Å². The number of anilines is 2. The molecule has 0 aromatic carbocycles. The molecule has 0 atom stereocenters. The summed E-state index contributed by atoms with van der Waals surface area (Å²) in [6, 6.07) is 4.72. The van der Waals surface area contributed by atoms with Gasteiger partial charge in [0.2, 0.25) is 5.95 Å². The number of carbonyl (C=O) groups is 1. The Morgan fingerprint density at radius 2 is 1.86 bits per heavy atom. The van der Waals surface area contributed by atoms with E-state index in [2.05, 4.69) is 45.8 Å². The topological polar surface area (TPSA) is 171 Å². The molecular weight excluding hydrogens is 584 g/mol. The second-order valence-electron chi connectivity index (χ2n) is 9.61. The van der Waals surface area contributed by atoms with Crippen LogP contribution in [0.3, 0.4) is 0 Å². The lowest BCUT2D eigenvalue weighted by Gasteiger charge is -2.36. The second kappa shape index (κ2) is 13.3. The van der Waals surface area contributed by atoms with Gasteiger partial charge in [0.1, 0.15) is 23.3 Å². The Hall–Kier alpha value is -4.97. The fraction of sp³-hybridized carbons (Fsp3) is 0.333. The van der Waals surface area contributed by atoms with Crippen molar-refractivity contribution in [2.75, 3.05) is 23.9 Å². The molecule has 0 bridgehead atoms. The molecule has 4 aromatic heterocycles. The minimum absolute atomic E-state index is 0.0388. The van der Waals surface area contributed by atoms with Gasteiger partial charge >= 0.3 is 12.0 Å². The van der Waals surface area contributed by atoms with E-state index in [1.807, 2.05) is 6.07 Å². The Labute approximate surface area is 249 Å². The molecule has 4 heterocycles. The van der Waals surface area contributed by atoms with Crippen LogP contribution in [0.5, 0.6) is 6.01 Å². The van der Waals surface area contributed by atoms with Crippen LogP contribution >= 0.6 is 11.6 Å². The van der Waals surface area contributed by atoms with Gasteiger partial charge in [-0.2, -0.15) is 10.4 Å². The largest absolute Gasteiger partial charge is 0.467 e. The fourth-order valence-corrected chi connectivity index (χ4v) is 4.97. The molecule has 1 saturated carbocycles. The monoisotopic (exact) mass is 609 g/mol. The number of nitriles is 1. The smallest absolute Gasteiger partial charge is 0.323 e. The van der Waals surface area contributed by atoms with Crippen molar-refractivity contribution in [2.24, 2.45) is 0 Å². The van der Waals surface area contributed by atoms with Crippen LogP contribution in [0.25, 0.3) is 22.5 Å². The van der Waals surface area contributed by atoms with Gasteiger partial charge in [-0.1, -0.05) is 11.6 Å². The number of nitrogens with zero attached hydrogens (tertiary/aromatic N) is 8. The number of nitrogens with one attached hydrogen (secondary N) is 3. The Morgan fingerprint density at radius 1 is 1.12 bits per heavy atom. The van der Waals surface area contributed by atoms with Gasteiger partial charge in [0.15, 0.2) is 0 Å². The van der Waals surface area contributed by atoms with Gasteiger partial charge < -0.3 is 15.4 Å². The van der Waals surface area contributed by atoms with Crippen LogP contribution in [0.4, 0.5) is 25.3 Å². The molecule has 1 aliphatic rings. The third-order valence-electron chi connectivity index (χ3n) is 6.89. The predicted molar refractivity (Wildman–Crippen MR) is 153 cm³/mol. The molecule has 0 radical (unpaired) electrons. The van der Waals surface area contributed by atoms with Crippen molar-refractivity contribution in [3.05, 3.63) is 53.7 Å². The molecule has 13 nitrogen and oxygen atoms in total. The van der Waals surface area contributed by atoms with Crippen molar-refractivity contribution < 1.29 is 18.3 Å². The third kappa shape index (κ3) is 6.92. The molecule has 0 aliphatic heterocycles. The number of aromatic nitrogens is 7. The molecule has 43 heavy (non-hydrogen) atoms. The summed E-state index contributed by atoms with van der Waals surface area (Å²) in [4.78, 5) is 35.9. The van der Waals surface area contributed by atoms with Crippen molar-refractivity contribution in [2.45, 2.75) is 44.2 Å². The summed E-state index contributed by atoms with van der Waals surface area (Å²) in [5, 5.41) is 22.1. The Bertz CT molecular complexity index is 1590. The van der Waals surface area contributed by atoms with Crippen LogP contribution in [0, 0.1) is 11.3 Å². The number of hydrogen-bond acceptors (Lipinski definition) is 10. The van der Waals surface area contributed by atoms with E-state index in [1.54, 1.807) is 30.7 Å². The number of pyridine rings is 1. The molecule has 2 amide bonds. The molecular formula is C27H26ClF2N11O2. The average Bonchev–Trinajstić information content (AvgIpc) is 3.47. The molecule has 5 rings (SSSR count). The molecule has 3 N–H and O–H groups in total. The van der Waals surface area contributed by atoms with Crippen LogP contribution in [-0.4, -0.2) is 73.3 Å². The first-order valence-electron chi connectivity index (χ1n) is 13.3. The summed E-state index contributed by atoms with van der Waals surface area (Å²) in [5.74, 6) is 0.639. The zero-order chi connectivity index (χ0) is 30.3. The second-order valence-corrected chi connectivity index (χ2v) is 10.0. The lowest BCUT2D eigenvalue weighted by atomic mass is 9.90. The van der Waals surface area contributed by atoms with Gasteiger partial charge in [-0.3, -0.25) is 10.00 Å². The first-order chi connectivity index (χ1) is 20.9. The van der Waals surface area contributed by atoms with E-state index in [4.69, 9.17) is 16.3 Å². The van der Waals surface area contributed by atoms with Crippen LogP contribution in [0.1, 0.15) is 31.2 Å². The molecule has 16 heteroatoms. The normalized spacial score (nSPS) is 16.4. The molecule has 0 saturated heterocycles. The predicted octanol–water partition coefficient (Wildman–Crippen LogP) is 4.46. The number of methoxy groups -OCH3 is 1. The zero-order valence-corrected chi connectivity index (χ0v) is 23.6. The Balaban J connectivity index is 1.29. The zero-order valence-electron chi connectivity index (χ0n) is 22.8. The number of halogens is 3. The van der Waals surface area contributed by atoms with Crippen molar-refractivity contribution in [1.29, 1.82) is 5.26 Å². The Morgan fingerprint density at radius 3 is 2.47 bits per heavy atom. The third-order valence-corrected chi connectivity index (χ3v) is 7.18. The van der Waals surface area contributed by atoms with Gasteiger partial charge in [-0.05, 0) is 37.8 Å². The van der Waals surface area contributed by atoms with E-state index in [-0.39, 0.29) is 23.7 Å². The summed E-state index contributed by atoms with van der Waals surface area (Å²) < 4.78 is 30.8. The number of ether oxygens (including phenoxy) is 1. The number of H-pyrrole nitrogens is 1. The van der Waals surface area contributed by atoms with Gasteiger partial charge in [-0.25, -0.2) is 38.5 Å². The quantitative estimate of drug-likeness (QED) is 0.246. The van der Waals surface area contributed by atoms with Crippen LogP contribution in [-0.2, 0) is 0 Å². The molecule has 1 aliphatic carbocycles. The molecule has 0 spiro atoms. The van der Waals surface area contributed by atoms with Crippen molar-refractivity contribution in [3.63, 3.8) is 0 Å². The Kier molecular flexibility index (Phi) is 9.16. The average molecular weight is 610 g/mol. The minimum Gasteiger partial charge on any atom is -0.467 e. The molecule has 0 unspecified atom stereocenters.